The molecule has 0 heterocycles. The van der Waals surface area contributed by atoms with E-state index < -0.39 is 11.8 Å². The third-order valence-electron chi connectivity index (χ3n) is 5.90. The van der Waals surface area contributed by atoms with E-state index in [-0.39, 0.29) is 12.2 Å². The Hall–Kier alpha value is -3.26. The van der Waals surface area contributed by atoms with E-state index in [4.69, 9.17) is 10.0 Å². The van der Waals surface area contributed by atoms with Gasteiger partial charge in [0.2, 0.25) is 0 Å². The first kappa shape index (κ1) is 24.4. The number of carbonyl (C=O) groups excluding carboxylic acids is 2. The van der Waals surface area contributed by atoms with Crippen LogP contribution in [0, 0.1) is 0 Å². The lowest BCUT2D eigenvalue weighted by molar-refractivity contribution is 0.0237. The smallest absolute Gasteiger partial charge is 0.274 e. The highest BCUT2D eigenvalue weighted by Crippen LogP contribution is 2.30. The standard InChI is InChI=1S/C26H31N3O4/c1-4-24(29(5-2)6-3)21-15-20-9-7-8-10-23(20)22(16-21)17-33-28-26(31)19-13-11-18(12-14-19)25(30)27-32/h7-16,24,32H,4-6,17H2,1-3H3,(H,27,30)(H,28,31). The summed E-state index contributed by atoms with van der Waals surface area (Å²) in [4.78, 5) is 31.9. The molecular formula is C26H31N3O4. The summed E-state index contributed by atoms with van der Waals surface area (Å²) in [6.45, 7) is 8.72. The fourth-order valence-electron chi connectivity index (χ4n) is 4.17. The van der Waals surface area contributed by atoms with Crippen LogP contribution in [0.3, 0.4) is 0 Å². The minimum Gasteiger partial charge on any atom is -0.297 e. The summed E-state index contributed by atoms with van der Waals surface area (Å²) in [6, 6.07) is 18.8. The van der Waals surface area contributed by atoms with E-state index >= 15 is 0 Å². The normalized spacial score (nSPS) is 12.0. The Morgan fingerprint density at radius 1 is 0.939 bits per heavy atom. The van der Waals surface area contributed by atoms with Crippen molar-refractivity contribution in [2.24, 2.45) is 0 Å². The fourth-order valence-corrected chi connectivity index (χ4v) is 4.17. The number of carbonyl (C=O) groups is 2. The van der Waals surface area contributed by atoms with Crippen molar-refractivity contribution in [1.29, 1.82) is 0 Å². The highest BCUT2D eigenvalue weighted by Gasteiger charge is 2.18. The number of nitrogens with one attached hydrogen (secondary N) is 2. The van der Waals surface area contributed by atoms with Gasteiger partial charge in [0.25, 0.3) is 11.8 Å². The predicted molar refractivity (Wildman–Crippen MR) is 128 cm³/mol. The molecule has 3 aromatic rings. The zero-order valence-corrected chi connectivity index (χ0v) is 19.3. The monoisotopic (exact) mass is 449 g/mol. The molecule has 0 aliphatic rings. The molecule has 0 aliphatic carbocycles. The summed E-state index contributed by atoms with van der Waals surface area (Å²) in [5.74, 6) is -1.05. The number of benzene rings is 3. The lowest BCUT2D eigenvalue weighted by atomic mass is 9.95. The number of hydrogen-bond donors (Lipinski definition) is 3. The van der Waals surface area contributed by atoms with E-state index in [1.807, 2.05) is 12.1 Å². The first-order valence-electron chi connectivity index (χ1n) is 11.2. The molecule has 3 aromatic carbocycles. The van der Waals surface area contributed by atoms with Gasteiger partial charge in [-0.25, -0.2) is 11.0 Å². The summed E-state index contributed by atoms with van der Waals surface area (Å²) in [5, 5.41) is 10.9. The number of fused-ring (bicyclic) bond motifs is 1. The Balaban J connectivity index is 1.76. The molecule has 0 saturated carbocycles. The number of rotatable bonds is 10. The second kappa shape index (κ2) is 11.6. The van der Waals surface area contributed by atoms with Crippen LogP contribution in [0.2, 0.25) is 0 Å². The number of amides is 2. The van der Waals surface area contributed by atoms with Crippen molar-refractivity contribution in [3.05, 3.63) is 82.9 Å². The van der Waals surface area contributed by atoms with Crippen LogP contribution in [-0.4, -0.2) is 35.0 Å². The Morgan fingerprint density at radius 3 is 2.18 bits per heavy atom. The molecule has 3 rings (SSSR count). The Morgan fingerprint density at radius 2 is 1.58 bits per heavy atom. The molecule has 1 atom stereocenters. The quantitative estimate of drug-likeness (QED) is 0.311. The van der Waals surface area contributed by atoms with E-state index in [9.17, 15) is 9.59 Å². The molecule has 0 radical (unpaired) electrons. The SMILES string of the molecule is CCC(c1cc(CONC(=O)c2ccc(C(=O)NO)cc2)c2ccccc2c1)N(CC)CC. The molecule has 3 N–H and O–H groups in total. The van der Waals surface area contributed by atoms with Crippen molar-refractivity contribution in [3.8, 4) is 0 Å². The second-order valence-corrected chi connectivity index (χ2v) is 7.78. The van der Waals surface area contributed by atoms with Gasteiger partial charge in [0.15, 0.2) is 0 Å². The van der Waals surface area contributed by atoms with Crippen molar-refractivity contribution in [3.63, 3.8) is 0 Å². The lowest BCUT2D eigenvalue weighted by Crippen LogP contribution is -2.28. The van der Waals surface area contributed by atoms with Crippen LogP contribution in [0.5, 0.6) is 0 Å². The average molecular weight is 450 g/mol. The van der Waals surface area contributed by atoms with Crippen LogP contribution in [0.15, 0.2) is 60.7 Å². The molecule has 7 heteroatoms. The minimum absolute atomic E-state index is 0.222. The topological polar surface area (TPSA) is 90.9 Å². The van der Waals surface area contributed by atoms with E-state index in [1.54, 1.807) is 5.48 Å². The van der Waals surface area contributed by atoms with Crippen molar-refractivity contribution in [2.75, 3.05) is 13.1 Å². The molecule has 0 bridgehead atoms. The van der Waals surface area contributed by atoms with E-state index in [0.717, 1.165) is 35.8 Å². The lowest BCUT2D eigenvalue weighted by Gasteiger charge is -2.30. The minimum atomic E-state index is -0.639. The third kappa shape index (κ3) is 5.76. The maximum Gasteiger partial charge on any atom is 0.274 e. The first-order valence-corrected chi connectivity index (χ1v) is 11.2. The van der Waals surface area contributed by atoms with Crippen molar-refractivity contribution < 1.29 is 19.6 Å². The van der Waals surface area contributed by atoms with Gasteiger partial charge >= 0.3 is 0 Å². The molecule has 0 aliphatic heterocycles. The molecule has 0 saturated heterocycles. The molecule has 7 nitrogen and oxygen atoms in total. The summed E-state index contributed by atoms with van der Waals surface area (Å²) < 4.78 is 0. The van der Waals surface area contributed by atoms with E-state index in [1.165, 1.54) is 29.8 Å². The Bertz CT molecular complexity index is 1090. The maximum absolute atomic E-state index is 12.4. The summed E-state index contributed by atoms with van der Waals surface area (Å²) in [7, 11) is 0. The van der Waals surface area contributed by atoms with Gasteiger partial charge in [-0.2, -0.15) is 0 Å². The Kier molecular flexibility index (Phi) is 8.54. The largest absolute Gasteiger partial charge is 0.297 e. The van der Waals surface area contributed by atoms with Crippen LogP contribution in [0.4, 0.5) is 0 Å². The average Bonchev–Trinajstić information content (AvgIpc) is 2.86. The summed E-state index contributed by atoms with van der Waals surface area (Å²) in [6.07, 6.45) is 1.00. The zero-order chi connectivity index (χ0) is 23.8. The molecule has 0 spiro atoms. The van der Waals surface area contributed by atoms with Crippen molar-refractivity contribution >= 4 is 22.6 Å². The van der Waals surface area contributed by atoms with E-state index in [2.05, 4.69) is 55.4 Å². The van der Waals surface area contributed by atoms with Crippen molar-refractivity contribution in [1.82, 2.24) is 15.9 Å². The van der Waals surface area contributed by atoms with Crippen LogP contribution in [0.25, 0.3) is 10.8 Å². The fraction of sp³-hybridized carbons (Fsp3) is 0.308. The highest BCUT2D eigenvalue weighted by atomic mass is 16.6. The molecule has 33 heavy (non-hydrogen) atoms. The van der Waals surface area contributed by atoms with Gasteiger partial charge < -0.3 is 0 Å². The Labute approximate surface area is 194 Å². The zero-order valence-electron chi connectivity index (χ0n) is 19.3. The van der Waals surface area contributed by atoms with Gasteiger partial charge in [0, 0.05) is 17.2 Å². The molecule has 2 amide bonds. The van der Waals surface area contributed by atoms with Crippen LogP contribution in [0.1, 0.15) is 65.1 Å². The number of nitrogens with zero attached hydrogens (tertiary/aromatic N) is 1. The van der Waals surface area contributed by atoms with Gasteiger partial charge in [-0.1, -0.05) is 51.1 Å². The van der Waals surface area contributed by atoms with Gasteiger partial charge in [0.05, 0.1) is 0 Å². The van der Waals surface area contributed by atoms with Gasteiger partial charge in [-0.05, 0) is 71.7 Å². The summed E-state index contributed by atoms with van der Waals surface area (Å²) in [5.41, 5.74) is 6.88. The molecule has 0 aromatic heterocycles. The highest BCUT2D eigenvalue weighted by molar-refractivity contribution is 5.97. The van der Waals surface area contributed by atoms with Gasteiger partial charge in [-0.15, -0.1) is 0 Å². The predicted octanol–water partition coefficient (Wildman–Crippen LogP) is 4.61. The number of hydrogen-bond acceptors (Lipinski definition) is 5. The van der Waals surface area contributed by atoms with Crippen LogP contribution < -0.4 is 11.0 Å². The van der Waals surface area contributed by atoms with Crippen LogP contribution in [-0.2, 0) is 11.4 Å². The molecule has 174 valence electrons. The van der Waals surface area contributed by atoms with E-state index in [0.29, 0.717) is 11.6 Å². The number of hydroxylamine groups is 2. The maximum atomic E-state index is 12.4. The van der Waals surface area contributed by atoms with Gasteiger partial charge in [-0.3, -0.25) is 24.5 Å². The molecule has 1 unspecified atom stereocenters. The molecular weight excluding hydrogens is 418 g/mol. The van der Waals surface area contributed by atoms with Crippen molar-refractivity contribution in [2.45, 2.75) is 39.8 Å². The first-order chi connectivity index (χ1) is 16.0. The van der Waals surface area contributed by atoms with Gasteiger partial charge in [0.1, 0.15) is 6.61 Å². The third-order valence-corrected chi connectivity index (χ3v) is 5.90. The molecule has 0 fully saturated rings. The van der Waals surface area contributed by atoms with Crippen LogP contribution >= 0.6 is 0 Å². The summed E-state index contributed by atoms with van der Waals surface area (Å²) >= 11 is 0. The second-order valence-electron chi connectivity index (χ2n) is 7.78.